The number of amides is 1. The van der Waals surface area contributed by atoms with Crippen LogP contribution in [-0.4, -0.2) is 45.8 Å². The van der Waals surface area contributed by atoms with Gasteiger partial charge in [-0.2, -0.15) is 5.10 Å². The zero-order valence-electron chi connectivity index (χ0n) is 8.52. The van der Waals surface area contributed by atoms with Gasteiger partial charge in [-0.1, -0.05) is 0 Å². The van der Waals surface area contributed by atoms with Crippen LogP contribution in [0.4, 0.5) is 0 Å². The molecule has 15 heavy (non-hydrogen) atoms. The quantitative estimate of drug-likeness (QED) is 0.721. The fourth-order valence-electron chi connectivity index (χ4n) is 1.87. The van der Waals surface area contributed by atoms with Crippen molar-refractivity contribution in [3.63, 3.8) is 0 Å². The highest BCUT2D eigenvalue weighted by Crippen LogP contribution is 2.17. The largest absolute Gasteiger partial charge is 0.396 e. The molecule has 0 radical (unpaired) electrons. The van der Waals surface area contributed by atoms with Gasteiger partial charge in [-0.15, -0.1) is 0 Å². The van der Waals surface area contributed by atoms with Gasteiger partial charge >= 0.3 is 0 Å². The van der Waals surface area contributed by atoms with Crippen LogP contribution in [0, 0.1) is 5.92 Å². The van der Waals surface area contributed by atoms with Crippen LogP contribution < -0.4 is 0 Å². The van der Waals surface area contributed by atoms with E-state index in [1.54, 1.807) is 6.20 Å². The Morgan fingerprint density at radius 3 is 3.13 bits per heavy atom. The molecule has 1 aliphatic rings. The Bertz CT molecular complexity index is 323. The molecular weight excluding hydrogens is 194 g/mol. The lowest BCUT2D eigenvalue weighted by molar-refractivity contribution is -0.127. The molecule has 0 saturated carbocycles. The van der Waals surface area contributed by atoms with Crippen LogP contribution in [0.15, 0.2) is 12.4 Å². The molecular formula is C10H15N3O2. The lowest BCUT2D eigenvalue weighted by Gasteiger charge is -2.15. The highest BCUT2D eigenvalue weighted by atomic mass is 16.3. The number of aromatic amines is 1. The number of carbonyl (C=O) groups excluding carboxylic acids is 1. The molecule has 0 spiro atoms. The standard InChI is InChI=1S/C10H15N3O2/c14-7-9-3-10(15)13(6-9)2-1-8-4-11-12-5-8/h4-5,9,14H,1-3,6-7H2,(H,11,12). The number of hydrogen-bond donors (Lipinski definition) is 2. The normalized spacial score (nSPS) is 21.3. The Morgan fingerprint density at radius 1 is 1.67 bits per heavy atom. The first-order chi connectivity index (χ1) is 7.29. The van der Waals surface area contributed by atoms with Crippen molar-refractivity contribution in [3.05, 3.63) is 18.0 Å². The van der Waals surface area contributed by atoms with Crippen molar-refractivity contribution in [1.29, 1.82) is 0 Å². The van der Waals surface area contributed by atoms with Crippen molar-refractivity contribution in [2.75, 3.05) is 19.7 Å². The second kappa shape index (κ2) is 4.44. The molecule has 1 aromatic heterocycles. The number of likely N-dealkylation sites (tertiary alicyclic amines) is 1. The van der Waals surface area contributed by atoms with E-state index in [4.69, 9.17) is 5.11 Å². The van der Waals surface area contributed by atoms with E-state index in [1.165, 1.54) is 0 Å². The molecule has 1 saturated heterocycles. The second-order valence-corrected chi connectivity index (χ2v) is 3.95. The van der Waals surface area contributed by atoms with Gasteiger partial charge in [0.2, 0.25) is 5.91 Å². The lowest BCUT2D eigenvalue weighted by Crippen LogP contribution is -2.27. The van der Waals surface area contributed by atoms with Crippen LogP contribution in [0.2, 0.25) is 0 Å². The Kier molecular flexibility index (Phi) is 3.01. The monoisotopic (exact) mass is 209 g/mol. The van der Waals surface area contributed by atoms with Gasteiger partial charge in [-0.3, -0.25) is 9.89 Å². The predicted octanol–water partition coefficient (Wildman–Crippen LogP) is -0.207. The third-order valence-corrected chi connectivity index (χ3v) is 2.78. The summed E-state index contributed by atoms with van der Waals surface area (Å²) in [5, 5.41) is 15.6. The fourth-order valence-corrected chi connectivity index (χ4v) is 1.87. The number of aliphatic hydroxyl groups excluding tert-OH is 1. The molecule has 1 amide bonds. The lowest BCUT2D eigenvalue weighted by atomic mass is 10.1. The van der Waals surface area contributed by atoms with E-state index in [9.17, 15) is 4.79 Å². The first-order valence-electron chi connectivity index (χ1n) is 5.16. The van der Waals surface area contributed by atoms with E-state index >= 15 is 0 Å². The van der Waals surface area contributed by atoms with Crippen LogP contribution in [0.3, 0.4) is 0 Å². The average Bonchev–Trinajstić information content (AvgIpc) is 2.84. The van der Waals surface area contributed by atoms with Crippen LogP contribution in [-0.2, 0) is 11.2 Å². The summed E-state index contributed by atoms with van der Waals surface area (Å²) in [6.07, 6.45) is 4.91. The Balaban J connectivity index is 1.83. The minimum Gasteiger partial charge on any atom is -0.396 e. The summed E-state index contributed by atoms with van der Waals surface area (Å²) in [6, 6.07) is 0. The molecule has 1 unspecified atom stereocenters. The molecule has 0 bridgehead atoms. The third kappa shape index (κ3) is 2.36. The number of nitrogens with zero attached hydrogens (tertiary/aromatic N) is 2. The van der Waals surface area contributed by atoms with Crippen LogP contribution in [0.5, 0.6) is 0 Å². The van der Waals surface area contributed by atoms with E-state index in [0.717, 1.165) is 18.5 Å². The highest BCUT2D eigenvalue weighted by Gasteiger charge is 2.28. The Morgan fingerprint density at radius 2 is 2.53 bits per heavy atom. The van der Waals surface area contributed by atoms with Gasteiger partial charge in [-0.05, 0) is 12.0 Å². The molecule has 0 aromatic carbocycles. The van der Waals surface area contributed by atoms with Crippen molar-refractivity contribution < 1.29 is 9.90 Å². The molecule has 0 aliphatic carbocycles. The highest BCUT2D eigenvalue weighted by molar-refractivity contribution is 5.78. The first kappa shape index (κ1) is 10.2. The molecule has 1 fully saturated rings. The van der Waals surface area contributed by atoms with E-state index in [0.29, 0.717) is 13.0 Å². The van der Waals surface area contributed by atoms with Gasteiger partial charge in [0.15, 0.2) is 0 Å². The number of H-pyrrole nitrogens is 1. The maximum absolute atomic E-state index is 11.5. The smallest absolute Gasteiger partial charge is 0.223 e. The molecule has 5 nitrogen and oxygen atoms in total. The summed E-state index contributed by atoms with van der Waals surface area (Å²) in [5.41, 5.74) is 1.11. The molecule has 2 rings (SSSR count). The maximum atomic E-state index is 11.5. The number of nitrogens with one attached hydrogen (secondary N) is 1. The predicted molar refractivity (Wildman–Crippen MR) is 54.1 cm³/mol. The SMILES string of the molecule is O=C1CC(CO)CN1CCc1cn[nH]c1. The zero-order chi connectivity index (χ0) is 10.7. The molecule has 82 valence electrons. The number of aliphatic hydroxyl groups is 1. The van der Waals surface area contributed by atoms with E-state index in [-0.39, 0.29) is 18.4 Å². The van der Waals surface area contributed by atoms with E-state index < -0.39 is 0 Å². The Labute approximate surface area is 88.1 Å². The summed E-state index contributed by atoms with van der Waals surface area (Å²) < 4.78 is 0. The van der Waals surface area contributed by atoms with Gasteiger partial charge < -0.3 is 10.0 Å². The van der Waals surface area contributed by atoms with Crippen LogP contribution in [0.1, 0.15) is 12.0 Å². The van der Waals surface area contributed by atoms with Crippen molar-refractivity contribution in [1.82, 2.24) is 15.1 Å². The summed E-state index contributed by atoms with van der Waals surface area (Å²) in [4.78, 5) is 13.3. The van der Waals surface area contributed by atoms with Gasteiger partial charge in [0.1, 0.15) is 0 Å². The first-order valence-corrected chi connectivity index (χ1v) is 5.16. The summed E-state index contributed by atoms with van der Waals surface area (Å²) >= 11 is 0. The van der Waals surface area contributed by atoms with Crippen molar-refractivity contribution in [3.8, 4) is 0 Å². The summed E-state index contributed by atoms with van der Waals surface area (Å²) in [6.45, 7) is 1.51. The molecule has 2 heterocycles. The number of rotatable bonds is 4. The fraction of sp³-hybridized carbons (Fsp3) is 0.600. The van der Waals surface area contributed by atoms with Crippen LogP contribution >= 0.6 is 0 Å². The van der Waals surface area contributed by atoms with Gasteiger partial charge in [-0.25, -0.2) is 0 Å². The van der Waals surface area contributed by atoms with Crippen molar-refractivity contribution in [2.45, 2.75) is 12.8 Å². The zero-order valence-corrected chi connectivity index (χ0v) is 8.52. The minimum absolute atomic E-state index is 0.105. The van der Waals surface area contributed by atoms with Gasteiger partial charge in [0.05, 0.1) is 6.20 Å². The summed E-state index contributed by atoms with van der Waals surface area (Å²) in [5.74, 6) is 0.277. The number of carbonyl (C=O) groups is 1. The average molecular weight is 209 g/mol. The number of hydrogen-bond acceptors (Lipinski definition) is 3. The Hall–Kier alpha value is -1.36. The maximum Gasteiger partial charge on any atom is 0.223 e. The molecule has 5 heteroatoms. The minimum atomic E-state index is 0.105. The van der Waals surface area contributed by atoms with Crippen molar-refractivity contribution >= 4 is 5.91 Å². The molecule has 2 N–H and O–H groups in total. The second-order valence-electron chi connectivity index (χ2n) is 3.95. The van der Waals surface area contributed by atoms with E-state index in [2.05, 4.69) is 10.2 Å². The van der Waals surface area contributed by atoms with E-state index in [1.807, 2.05) is 11.1 Å². The van der Waals surface area contributed by atoms with Crippen molar-refractivity contribution in [2.24, 2.45) is 5.92 Å². The van der Waals surface area contributed by atoms with Gasteiger partial charge in [0.25, 0.3) is 0 Å². The number of aromatic nitrogens is 2. The van der Waals surface area contributed by atoms with Crippen LogP contribution in [0.25, 0.3) is 0 Å². The molecule has 1 atom stereocenters. The summed E-state index contributed by atoms with van der Waals surface area (Å²) in [7, 11) is 0. The molecule has 1 aromatic rings. The van der Waals surface area contributed by atoms with Gasteiger partial charge in [0, 0.05) is 38.2 Å². The topological polar surface area (TPSA) is 69.2 Å². The third-order valence-electron chi connectivity index (χ3n) is 2.78. The molecule has 1 aliphatic heterocycles.